The monoisotopic (exact) mass is 235 g/mol. The molecule has 1 atom stereocenters. The number of rotatable bonds is 5. The molecule has 1 N–H and O–H groups in total. The second-order valence-electron chi connectivity index (χ2n) is 4.62. The van der Waals surface area contributed by atoms with E-state index in [-0.39, 0.29) is 11.6 Å². The van der Waals surface area contributed by atoms with Gasteiger partial charge in [0.05, 0.1) is 18.8 Å². The third-order valence-electron chi connectivity index (χ3n) is 3.87. The second kappa shape index (κ2) is 5.07. The minimum Gasteiger partial charge on any atom is -0.497 e. The minimum absolute atomic E-state index is 0.0245. The molecule has 1 aromatic carbocycles. The summed E-state index contributed by atoms with van der Waals surface area (Å²) in [5, 5.41) is 3.38. The molecule has 0 spiro atoms. The summed E-state index contributed by atoms with van der Waals surface area (Å²) in [6.07, 6.45) is 3.50. The van der Waals surface area contributed by atoms with Crippen molar-refractivity contribution in [3.8, 4) is 5.75 Å². The van der Waals surface area contributed by atoms with Crippen molar-refractivity contribution < 1.29 is 9.47 Å². The van der Waals surface area contributed by atoms with Crippen molar-refractivity contribution in [2.45, 2.75) is 30.9 Å². The largest absolute Gasteiger partial charge is 0.497 e. The quantitative estimate of drug-likeness (QED) is 0.850. The Hall–Kier alpha value is -1.06. The van der Waals surface area contributed by atoms with Gasteiger partial charge in [0, 0.05) is 7.11 Å². The molecule has 17 heavy (non-hydrogen) atoms. The highest BCUT2D eigenvalue weighted by atomic mass is 16.5. The fourth-order valence-electron chi connectivity index (χ4n) is 2.67. The summed E-state index contributed by atoms with van der Waals surface area (Å²) in [6, 6.07) is 8.48. The molecular formula is C14H21NO2. The van der Waals surface area contributed by atoms with Gasteiger partial charge >= 0.3 is 0 Å². The first-order valence-corrected chi connectivity index (χ1v) is 6.12. The van der Waals surface area contributed by atoms with Crippen molar-refractivity contribution >= 4 is 0 Å². The van der Waals surface area contributed by atoms with E-state index in [0.717, 1.165) is 18.6 Å². The summed E-state index contributed by atoms with van der Waals surface area (Å²) in [7, 11) is 5.49. The van der Waals surface area contributed by atoms with E-state index in [9.17, 15) is 0 Å². The van der Waals surface area contributed by atoms with Crippen LogP contribution in [0.4, 0.5) is 0 Å². The zero-order chi connectivity index (χ0) is 12.3. The molecule has 0 aromatic heterocycles. The first kappa shape index (κ1) is 12.4. The molecule has 0 saturated heterocycles. The van der Waals surface area contributed by atoms with E-state index < -0.39 is 0 Å². The maximum absolute atomic E-state index is 5.74. The third-order valence-corrected chi connectivity index (χ3v) is 3.87. The van der Waals surface area contributed by atoms with Gasteiger partial charge in [-0.1, -0.05) is 12.1 Å². The van der Waals surface area contributed by atoms with E-state index in [0.29, 0.717) is 0 Å². The molecule has 0 amide bonds. The fraction of sp³-hybridized carbons (Fsp3) is 0.571. The maximum Gasteiger partial charge on any atom is 0.118 e. The van der Waals surface area contributed by atoms with Crippen LogP contribution in [0.3, 0.4) is 0 Å². The number of ether oxygens (including phenoxy) is 2. The Kier molecular flexibility index (Phi) is 3.69. The number of methoxy groups -OCH3 is 2. The third kappa shape index (κ3) is 2.17. The van der Waals surface area contributed by atoms with Gasteiger partial charge in [-0.25, -0.2) is 0 Å². The predicted octanol–water partition coefficient (Wildman–Crippen LogP) is 2.52. The molecule has 1 aliphatic rings. The van der Waals surface area contributed by atoms with Crippen LogP contribution in [0.2, 0.25) is 0 Å². The average molecular weight is 235 g/mol. The number of nitrogens with one attached hydrogen (secondary N) is 1. The van der Waals surface area contributed by atoms with Crippen LogP contribution >= 0.6 is 0 Å². The van der Waals surface area contributed by atoms with E-state index in [1.165, 1.54) is 12.0 Å². The second-order valence-corrected chi connectivity index (χ2v) is 4.62. The summed E-state index contributed by atoms with van der Waals surface area (Å²) in [5.41, 5.74) is 1.23. The Morgan fingerprint density at radius 2 is 1.82 bits per heavy atom. The van der Waals surface area contributed by atoms with E-state index in [1.807, 2.05) is 26.3 Å². The highest BCUT2D eigenvalue weighted by molar-refractivity contribution is 5.31. The van der Waals surface area contributed by atoms with Gasteiger partial charge in [0.25, 0.3) is 0 Å². The summed E-state index contributed by atoms with van der Waals surface area (Å²) in [4.78, 5) is 0. The smallest absolute Gasteiger partial charge is 0.118 e. The molecule has 1 aromatic rings. The van der Waals surface area contributed by atoms with Crippen molar-refractivity contribution in [2.24, 2.45) is 0 Å². The summed E-state index contributed by atoms with van der Waals surface area (Å²) in [6.45, 7) is 0. The summed E-state index contributed by atoms with van der Waals surface area (Å²) in [5.74, 6) is 0.892. The van der Waals surface area contributed by atoms with Crippen molar-refractivity contribution in [2.75, 3.05) is 21.3 Å². The first-order valence-electron chi connectivity index (χ1n) is 6.12. The van der Waals surface area contributed by atoms with Crippen LogP contribution in [0, 0.1) is 0 Å². The molecule has 3 nitrogen and oxygen atoms in total. The van der Waals surface area contributed by atoms with Crippen molar-refractivity contribution in [3.05, 3.63) is 29.8 Å². The van der Waals surface area contributed by atoms with Crippen LogP contribution < -0.4 is 10.1 Å². The molecule has 3 heteroatoms. The van der Waals surface area contributed by atoms with E-state index >= 15 is 0 Å². The normalized spacial score (nSPS) is 19.5. The van der Waals surface area contributed by atoms with Crippen LogP contribution in [0.15, 0.2) is 24.3 Å². The van der Waals surface area contributed by atoms with Gasteiger partial charge in [-0.3, -0.25) is 0 Å². The van der Waals surface area contributed by atoms with E-state index in [4.69, 9.17) is 9.47 Å². The van der Waals surface area contributed by atoms with Gasteiger partial charge in [-0.05, 0) is 44.0 Å². The molecule has 0 aliphatic heterocycles. The van der Waals surface area contributed by atoms with Crippen LogP contribution in [0.1, 0.15) is 30.9 Å². The zero-order valence-corrected chi connectivity index (χ0v) is 10.8. The molecule has 0 radical (unpaired) electrons. The molecule has 94 valence electrons. The first-order chi connectivity index (χ1) is 8.25. The van der Waals surface area contributed by atoms with Gasteiger partial charge in [-0.2, -0.15) is 0 Å². The number of benzene rings is 1. The lowest BCUT2D eigenvalue weighted by molar-refractivity contribution is -0.0983. The topological polar surface area (TPSA) is 30.5 Å². The van der Waals surface area contributed by atoms with E-state index in [2.05, 4.69) is 17.4 Å². The van der Waals surface area contributed by atoms with Crippen LogP contribution in [-0.4, -0.2) is 26.9 Å². The number of hydrogen-bond donors (Lipinski definition) is 1. The van der Waals surface area contributed by atoms with Gasteiger partial charge in [-0.15, -0.1) is 0 Å². The maximum atomic E-state index is 5.74. The van der Waals surface area contributed by atoms with Crippen molar-refractivity contribution in [1.82, 2.24) is 5.32 Å². The molecule has 1 unspecified atom stereocenters. The highest BCUT2D eigenvalue weighted by Gasteiger charge is 2.44. The molecule has 0 bridgehead atoms. The predicted molar refractivity (Wildman–Crippen MR) is 68.4 cm³/mol. The Morgan fingerprint density at radius 3 is 2.18 bits per heavy atom. The lowest BCUT2D eigenvalue weighted by atomic mass is 9.72. The fourth-order valence-corrected chi connectivity index (χ4v) is 2.67. The minimum atomic E-state index is -0.0245. The highest BCUT2D eigenvalue weighted by Crippen LogP contribution is 2.44. The SMILES string of the molecule is CNC(c1ccc(OC)cc1)C1(OC)CCC1. The van der Waals surface area contributed by atoms with Crippen LogP contribution in [0.25, 0.3) is 0 Å². The van der Waals surface area contributed by atoms with E-state index in [1.54, 1.807) is 7.11 Å². The summed E-state index contributed by atoms with van der Waals surface area (Å²) < 4.78 is 10.9. The van der Waals surface area contributed by atoms with Crippen molar-refractivity contribution in [3.63, 3.8) is 0 Å². The molecule has 1 fully saturated rings. The molecule has 0 heterocycles. The Morgan fingerprint density at radius 1 is 1.18 bits per heavy atom. The van der Waals surface area contributed by atoms with Gasteiger partial charge < -0.3 is 14.8 Å². The Labute approximate surface area is 103 Å². The van der Waals surface area contributed by atoms with Gasteiger partial charge in [0.15, 0.2) is 0 Å². The number of likely N-dealkylation sites (N-methyl/N-ethyl adjacent to an activating group) is 1. The Bertz CT molecular complexity index is 351. The lowest BCUT2D eigenvalue weighted by Gasteiger charge is -2.46. The molecule has 1 saturated carbocycles. The van der Waals surface area contributed by atoms with Gasteiger partial charge in [0.2, 0.25) is 0 Å². The summed E-state index contributed by atoms with van der Waals surface area (Å²) >= 11 is 0. The average Bonchev–Trinajstić information content (AvgIpc) is 2.34. The van der Waals surface area contributed by atoms with Crippen LogP contribution in [0.5, 0.6) is 5.75 Å². The van der Waals surface area contributed by atoms with Crippen molar-refractivity contribution in [1.29, 1.82) is 0 Å². The lowest BCUT2D eigenvalue weighted by Crippen LogP contribution is -2.49. The standard InChI is InChI=1S/C14H21NO2/c1-15-13(14(17-3)9-4-10-14)11-5-7-12(16-2)8-6-11/h5-8,13,15H,4,9-10H2,1-3H3. The molecular weight excluding hydrogens is 214 g/mol. The number of hydrogen-bond acceptors (Lipinski definition) is 3. The zero-order valence-electron chi connectivity index (χ0n) is 10.8. The van der Waals surface area contributed by atoms with Crippen LogP contribution in [-0.2, 0) is 4.74 Å². The molecule has 1 aliphatic carbocycles. The Balaban J connectivity index is 2.22. The van der Waals surface area contributed by atoms with Gasteiger partial charge in [0.1, 0.15) is 5.75 Å². The molecule has 2 rings (SSSR count).